The molecule has 0 aromatic rings. The zero-order chi connectivity index (χ0) is 20.8. The van der Waals surface area contributed by atoms with Crippen LogP contribution in [0, 0.1) is 0 Å². The first-order chi connectivity index (χ1) is 14.4. The summed E-state index contributed by atoms with van der Waals surface area (Å²) in [5.74, 6) is 0. The normalized spacial score (nSPS) is 19.2. The third-order valence-corrected chi connectivity index (χ3v) is 6.65. The minimum absolute atomic E-state index is 0.331. The Morgan fingerprint density at radius 3 is 1.72 bits per heavy atom. The van der Waals surface area contributed by atoms with Crippen LogP contribution in [0.15, 0.2) is 0 Å². The van der Waals surface area contributed by atoms with Gasteiger partial charge in [-0.2, -0.15) is 0 Å². The molecule has 1 heterocycles. The highest BCUT2D eigenvalue weighted by Gasteiger charge is 2.24. The fraction of sp³-hybridized carbons (Fsp3) is 1.00. The van der Waals surface area contributed by atoms with E-state index in [0.29, 0.717) is 12.2 Å². The van der Waals surface area contributed by atoms with Crippen molar-refractivity contribution in [2.75, 3.05) is 24.3 Å². The smallest absolute Gasteiger partial charge is 0.0813 e. The zero-order valence-corrected chi connectivity index (χ0v) is 21.6. The largest absolute Gasteiger partial charge is 0.379 e. The van der Waals surface area contributed by atoms with Crippen LogP contribution in [0.3, 0.4) is 0 Å². The van der Waals surface area contributed by atoms with Crippen molar-refractivity contribution in [2.45, 2.75) is 135 Å². The van der Waals surface area contributed by atoms with Crippen LogP contribution in [0.4, 0.5) is 0 Å². The molecule has 0 unspecified atom stereocenters. The molecule has 1 saturated heterocycles. The van der Waals surface area contributed by atoms with Crippen molar-refractivity contribution in [3.8, 4) is 0 Å². The van der Waals surface area contributed by atoms with E-state index in [1.807, 2.05) is 0 Å². The van der Waals surface area contributed by atoms with Crippen molar-refractivity contribution in [1.82, 2.24) is 5.32 Å². The van der Waals surface area contributed by atoms with E-state index in [0.717, 1.165) is 30.7 Å². The van der Waals surface area contributed by atoms with Crippen molar-refractivity contribution in [3.05, 3.63) is 0 Å². The third kappa shape index (κ3) is 17.9. The summed E-state index contributed by atoms with van der Waals surface area (Å²) in [5, 5.41) is 3.36. The van der Waals surface area contributed by atoms with E-state index in [2.05, 4.69) is 34.8 Å². The number of hydrogen-bond donors (Lipinski definition) is 1. The highest BCUT2D eigenvalue weighted by Crippen LogP contribution is 2.19. The first kappa shape index (κ1) is 27.6. The van der Waals surface area contributed by atoms with E-state index in [-0.39, 0.29) is 0 Å². The number of hydrogen-bond acceptors (Lipinski definition) is 3. The van der Waals surface area contributed by atoms with E-state index in [1.54, 1.807) is 0 Å². The van der Waals surface area contributed by atoms with Gasteiger partial charge in [-0.1, -0.05) is 126 Å². The number of halogens is 1. The van der Waals surface area contributed by atoms with Gasteiger partial charge in [-0.25, -0.2) is 0 Å². The molecule has 4 heteroatoms. The summed E-state index contributed by atoms with van der Waals surface area (Å²) in [6.07, 6.45) is 25.8. The van der Waals surface area contributed by atoms with Gasteiger partial charge in [0.05, 0.1) is 18.8 Å². The lowest BCUT2D eigenvalue weighted by atomic mass is 10.0. The fourth-order valence-electron chi connectivity index (χ4n) is 4.24. The second-order valence-corrected chi connectivity index (χ2v) is 9.69. The molecule has 1 aliphatic heterocycles. The predicted molar refractivity (Wildman–Crippen MR) is 135 cm³/mol. The van der Waals surface area contributed by atoms with Crippen molar-refractivity contribution in [3.63, 3.8) is 0 Å². The Hall–Kier alpha value is 0.610. The topological polar surface area (TPSA) is 30.5 Å². The van der Waals surface area contributed by atoms with Gasteiger partial charge >= 0.3 is 0 Å². The van der Waals surface area contributed by atoms with Crippen LogP contribution < -0.4 is 5.32 Å². The molecule has 1 fully saturated rings. The summed E-state index contributed by atoms with van der Waals surface area (Å²) in [4.78, 5) is 0. The minimum atomic E-state index is 0.331. The molecule has 0 aromatic heterocycles. The minimum Gasteiger partial charge on any atom is -0.379 e. The fourth-order valence-corrected chi connectivity index (χ4v) is 4.55. The summed E-state index contributed by atoms with van der Waals surface area (Å²) in [7, 11) is 0. The molecule has 2 atom stereocenters. The van der Waals surface area contributed by atoms with Gasteiger partial charge in [0, 0.05) is 17.7 Å². The lowest BCUT2D eigenvalue weighted by molar-refractivity contribution is -0.0145. The maximum atomic E-state index is 6.01. The Balaban J connectivity index is 1.69. The van der Waals surface area contributed by atoms with Crippen LogP contribution in [-0.4, -0.2) is 36.5 Å². The molecule has 1 N–H and O–H groups in total. The zero-order valence-electron chi connectivity index (χ0n) is 19.4. The van der Waals surface area contributed by atoms with Crippen LogP contribution in [0.2, 0.25) is 0 Å². The molecule has 29 heavy (non-hydrogen) atoms. The first-order valence-corrected chi connectivity index (χ1v) is 14.4. The van der Waals surface area contributed by atoms with Gasteiger partial charge in [0.2, 0.25) is 0 Å². The summed E-state index contributed by atoms with van der Waals surface area (Å²) in [6, 6.07) is 0. The van der Waals surface area contributed by atoms with E-state index in [9.17, 15) is 0 Å². The molecule has 174 valence electrons. The van der Waals surface area contributed by atoms with Crippen molar-refractivity contribution >= 4 is 22.6 Å². The Morgan fingerprint density at radius 2 is 1.21 bits per heavy atom. The van der Waals surface area contributed by atoms with Gasteiger partial charge in [0.1, 0.15) is 0 Å². The Bertz CT molecular complexity index is 330. The second-order valence-electron chi connectivity index (χ2n) is 8.92. The van der Waals surface area contributed by atoms with Crippen LogP contribution >= 0.6 is 22.6 Å². The molecule has 1 rings (SSSR count). The van der Waals surface area contributed by atoms with Gasteiger partial charge in [-0.3, -0.25) is 0 Å². The molecule has 0 amide bonds. The van der Waals surface area contributed by atoms with Crippen molar-refractivity contribution in [1.29, 1.82) is 0 Å². The van der Waals surface area contributed by atoms with Crippen molar-refractivity contribution < 1.29 is 9.47 Å². The molecule has 3 nitrogen and oxygen atoms in total. The van der Waals surface area contributed by atoms with E-state index >= 15 is 0 Å². The standard InChI is InChI=1S/C25H50INO2/c1-2-3-4-5-6-7-8-9-10-11-12-13-14-15-16-17-20-28-22-25-19-18-24(29-25)21-27-23-26/h24-25,27H,2-23H2,1H3/t24-,25+/m0/s1. The summed E-state index contributed by atoms with van der Waals surface area (Å²) in [5.41, 5.74) is 0. The monoisotopic (exact) mass is 523 g/mol. The summed E-state index contributed by atoms with van der Waals surface area (Å²) < 4.78 is 12.8. The average Bonchev–Trinajstić information content (AvgIpc) is 3.19. The van der Waals surface area contributed by atoms with Crippen LogP contribution in [-0.2, 0) is 9.47 Å². The lowest BCUT2D eigenvalue weighted by Gasteiger charge is -2.14. The first-order valence-electron chi connectivity index (χ1n) is 12.9. The highest BCUT2D eigenvalue weighted by atomic mass is 127. The second kappa shape index (κ2) is 21.8. The summed E-state index contributed by atoms with van der Waals surface area (Å²) in [6.45, 7) is 4.98. The quantitative estimate of drug-likeness (QED) is 0.0680. The maximum absolute atomic E-state index is 6.01. The van der Waals surface area contributed by atoms with Gasteiger partial charge in [0.25, 0.3) is 0 Å². The number of unbranched alkanes of at least 4 members (excludes halogenated alkanes) is 15. The highest BCUT2D eigenvalue weighted by molar-refractivity contribution is 14.1. The van der Waals surface area contributed by atoms with Crippen LogP contribution in [0.1, 0.15) is 122 Å². The molecular formula is C25H50INO2. The number of nitrogens with one attached hydrogen (secondary N) is 1. The molecule has 1 aliphatic rings. The molecule has 0 aliphatic carbocycles. The number of rotatable bonds is 22. The maximum Gasteiger partial charge on any atom is 0.0813 e. The van der Waals surface area contributed by atoms with Gasteiger partial charge in [0.15, 0.2) is 0 Å². The van der Waals surface area contributed by atoms with Gasteiger partial charge in [-0.05, 0) is 19.3 Å². The van der Waals surface area contributed by atoms with E-state index < -0.39 is 0 Å². The van der Waals surface area contributed by atoms with Crippen molar-refractivity contribution in [2.24, 2.45) is 0 Å². The van der Waals surface area contributed by atoms with Gasteiger partial charge < -0.3 is 14.8 Å². The third-order valence-electron chi connectivity index (χ3n) is 6.11. The molecule has 0 saturated carbocycles. The average molecular weight is 524 g/mol. The number of alkyl halides is 1. The molecule has 0 spiro atoms. The Kier molecular flexibility index (Phi) is 20.8. The lowest BCUT2D eigenvalue weighted by Crippen LogP contribution is -2.27. The summed E-state index contributed by atoms with van der Waals surface area (Å²) >= 11 is 2.35. The molecular weight excluding hydrogens is 473 g/mol. The van der Waals surface area contributed by atoms with E-state index in [4.69, 9.17) is 9.47 Å². The number of ether oxygens (including phenoxy) is 2. The molecule has 0 bridgehead atoms. The Morgan fingerprint density at radius 1 is 0.724 bits per heavy atom. The van der Waals surface area contributed by atoms with Gasteiger partial charge in [-0.15, -0.1) is 0 Å². The van der Waals surface area contributed by atoms with Crippen LogP contribution in [0.25, 0.3) is 0 Å². The molecule has 0 radical (unpaired) electrons. The SMILES string of the molecule is CCCCCCCCCCCCCCCCCCOC[C@H]1CC[C@@H](CNCI)O1. The van der Waals surface area contributed by atoms with Crippen LogP contribution in [0.5, 0.6) is 0 Å². The molecule has 0 aromatic carbocycles. The predicted octanol–water partition coefficient (Wildman–Crippen LogP) is 7.79. The van der Waals surface area contributed by atoms with E-state index in [1.165, 1.54) is 109 Å². The Labute approximate surface area is 196 Å².